The minimum atomic E-state index is -4.34. The average molecular weight is 435 g/mol. The van der Waals surface area contributed by atoms with Crippen molar-refractivity contribution >= 4 is 11.8 Å². The number of alkyl halides is 3. The van der Waals surface area contributed by atoms with E-state index in [1.807, 2.05) is 0 Å². The van der Waals surface area contributed by atoms with Crippen molar-refractivity contribution in [3.63, 3.8) is 0 Å². The van der Waals surface area contributed by atoms with Crippen molar-refractivity contribution in [3.8, 4) is 5.75 Å². The highest BCUT2D eigenvalue weighted by Gasteiger charge is 2.30. The van der Waals surface area contributed by atoms with Gasteiger partial charge in [0.25, 0.3) is 5.91 Å². The number of hydrogen-bond acceptors (Lipinski definition) is 4. The number of amides is 2. The number of carbonyl (C=O) groups excluding carboxylic acids is 2. The molecule has 6 nitrogen and oxygen atoms in total. The van der Waals surface area contributed by atoms with Crippen molar-refractivity contribution in [3.05, 3.63) is 65.2 Å². The minimum Gasteiger partial charge on any atom is -0.497 e. The second-order valence-corrected chi connectivity index (χ2v) is 7.26. The largest absolute Gasteiger partial charge is 0.497 e. The molecule has 3 rings (SSSR count). The predicted molar refractivity (Wildman–Crippen MR) is 109 cm³/mol. The molecule has 2 aromatic rings. The first-order valence-corrected chi connectivity index (χ1v) is 9.85. The lowest BCUT2D eigenvalue weighted by Crippen LogP contribution is -2.50. The van der Waals surface area contributed by atoms with E-state index in [9.17, 15) is 22.8 Å². The molecular weight excluding hydrogens is 411 g/mol. The fourth-order valence-electron chi connectivity index (χ4n) is 3.32. The minimum absolute atomic E-state index is 0.0935. The summed E-state index contributed by atoms with van der Waals surface area (Å²) in [5, 5.41) is 2.63. The molecule has 0 unspecified atom stereocenters. The van der Waals surface area contributed by atoms with Crippen LogP contribution in [0.4, 0.5) is 13.2 Å². The van der Waals surface area contributed by atoms with E-state index in [0.29, 0.717) is 44.0 Å². The van der Waals surface area contributed by atoms with Crippen molar-refractivity contribution < 1.29 is 27.5 Å². The summed E-state index contributed by atoms with van der Waals surface area (Å²) in [4.78, 5) is 28.3. The van der Waals surface area contributed by atoms with E-state index in [0.717, 1.165) is 17.7 Å². The van der Waals surface area contributed by atoms with Crippen molar-refractivity contribution in [2.45, 2.75) is 12.7 Å². The van der Waals surface area contributed by atoms with E-state index in [-0.39, 0.29) is 18.4 Å². The lowest BCUT2D eigenvalue weighted by molar-refractivity contribution is -0.137. The van der Waals surface area contributed by atoms with E-state index in [1.54, 1.807) is 29.2 Å². The molecule has 1 aliphatic rings. The van der Waals surface area contributed by atoms with Crippen LogP contribution in [-0.4, -0.2) is 61.4 Å². The summed E-state index contributed by atoms with van der Waals surface area (Å²) in [6, 6.07) is 11.7. The number of benzene rings is 2. The SMILES string of the molecule is COc1ccc(C(=O)NCC(=O)N2CCN(Cc3ccc(C(F)(F)F)cc3)CC2)cc1. The summed E-state index contributed by atoms with van der Waals surface area (Å²) in [7, 11) is 1.54. The van der Waals surface area contributed by atoms with Crippen molar-refractivity contribution in [1.29, 1.82) is 0 Å². The molecule has 2 amide bonds. The Labute approximate surface area is 178 Å². The molecule has 0 saturated carbocycles. The first-order valence-electron chi connectivity index (χ1n) is 9.85. The number of nitrogens with one attached hydrogen (secondary N) is 1. The predicted octanol–water partition coefficient (Wildman–Crippen LogP) is 2.79. The van der Waals surface area contributed by atoms with E-state index < -0.39 is 11.7 Å². The van der Waals surface area contributed by atoms with Gasteiger partial charge in [0.15, 0.2) is 0 Å². The molecule has 0 aliphatic carbocycles. The van der Waals surface area contributed by atoms with Gasteiger partial charge in [0.2, 0.25) is 5.91 Å². The summed E-state index contributed by atoms with van der Waals surface area (Å²) in [6.45, 7) is 2.65. The highest BCUT2D eigenvalue weighted by molar-refractivity contribution is 5.96. The van der Waals surface area contributed by atoms with Crippen LogP contribution in [0, 0.1) is 0 Å². The van der Waals surface area contributed by atoms with Crippen molar-refractivity contribution in [2.75, 3.05) is 39.8 Å². The van der Waals surface area contributed by atoms with Crippen LogP contribution < -0.4 is 10.1 Å². The molecule has 0 radical (unpaired) electrons. The Morgan fingerprint density at radius 3 is 2.13 bits per heavy atom. The molecule has 166 valence electrons. The Morgan fingerprint density at radius 1 is 0.968 bits per heavy atom. The van der Waals surface area contributed by atoms with Gasteiger partial charge < -0.3 is 15.0 Å². The van der Waals surface area contributed by atoms with Crippen LogP contribution in [0.3, 0.4) is 0 Å². The monoisotopic (exact) mass is 435 g/mol. The topological polar surface area (TPSA) is 61.9 Å². The molecule has 9 heteroatoms. The van der Waals surface area contributed by atoms with Gasteiger partial charge in [0, 0.05) is 38.3 Å². The smallest absolute Gasteiger partial charge is 0.416 e. The Balaban J connectivity index is 1.42. The summed E-state index contributed by atoms with van der Waals surface area (Å²) in [5.74, 6) is 0.134. The summed E-state index contributed by atoms with van der Waals surface area (Å²) in [5.41, 5.74) is 0.567. The summed E-state index contributed by atoms with van der Waals surface area (Å²) < 4.78 is 43.0. The maximum absolute atomic E-state index is 12.7. The molecule has 2 aromatic carbocycles. The third-order valence-corrected chi connectivity index (χ3v) is 5.16. The van der Waals surface area contributed by atoms with Crippen LogP contribution in [0.5, 0.6) is 5.75 Å². The van der Waals surface area contributed by atoms with E-state index in [2.05, 4.69) is 10.2 Å². The average Bonchev–Trinajstić information content (AvgIpc) is 2.77. The van der Waals surface area contributed by atoms with Gasteiger partial charge in [-0.3, -0.25) is 14.5 Å². The van der Waals surface area contributed by atoms with Crippen LogP contribution in [0.25, 0.3) is 0 Å². The maximum Gasteiger partial charge on any atom is 0.416 e. The summed E-state index contributed by atoms with van der Waals surface area (Å²) in [6.07, 6.45) is -4.34. The van der Waals surface area contributed by atoms with Gasteiger partial charge in [0.05, 0.1) is 19.2 Å². The first-order chi connectivity index (χ1) is 14.8. The first kappa shape index (κ1) is 22.6. The van der Waals surface area contributed by atoms with E-state index >= 15 is 0 Å². The van der Waals surface area contributed by atoms with Gasteiger partial charge in [0.1, 0.15) is 5.75 Å². The third kappa shape index (κ3) is 6.21. The van der Waals surface area contributed by atoms with Gasteiger partial charge in [-0.15, -0.1) is 0 Å². The van der Waals surface area contributed by atoms with Crippen LogP contribution in [0.1, 0.15) is 21.5 Å². The fraction of sp³-hybridized carbons (Fsp3) is 0.364. The highest BCUT2D eigenvalue weighted by Crippen LogP contribution is 2.29. The Kier molecular flexibility index (Phi) is 7.17. The molecule has 31 heavy (non-hydrogen) atoms. The second-order valence-electron chi connectivity index (χ2n) is 7.26. The molecule has 1 aliphatic heterocycles. The molecule has 1 saturated heterocycles. The van der Waals surface area contributed by atoms with Gasteiger partial charge in [-0.2, -0.15) is 13.2 Å². The number of rotatable bonds is 6. The Bertz CT molecular complexity index is 891. The van der Waals surface area contributed by atoms with E-state index in [1.165, 1.54) is 19.2 Å². The van der Waals surface area contributed by atoms with E-state index in [4.69, 9.17) is 4.74 Å². The number of ether oxygens (including phenoxy) is 1. The molecule has 0 atom stereocenters. The van der Waals surface area contributed by atoms with Gasteiger partial charge in [-0.05, 0) is 42.0 Å². The zero-order valence-corrected chi connectivity index (χ0v) is 17.1. The van der Waals surface area contributed by atoms with Gasteiger partial charge >= 0.3 is 6.18 Å². The number of methoxy groups -OCH3 is 1. The quantitative estimate of drug-likeness (QED) is 0.758. The van der Waals surface area contributed by atoms with Crippen LogP contribution in [0.2, 0.25) is 0 Å². The standard InChI is InChI=1S/C22H24F3N3O3/c1-31-19-8-4-17(5-9-19)21(30)26-14-20(29)28-12-10-27(11-13-28)15-16-2-6-18(7-3-16)22(23,24)25/h2-9H,10-15H2,1H3,(H,26,30). The lowest BCUT2D eigenvalue weighted by atomic mass is 10.1. The summed E-state index contributed by atoms with van der Waals surface area (Å²) >= 11 is 0. The van der Waals surface area contributed by atoms with Crippen molar-refractivity contribution in [2.24, 2.45) is 0 Å². The van der Waals surface area contributed by atoms with Crippen LogP contribution >= 0.6 is 0 Å². The van der Waals surface area contributed by atoms with Gasteiger partial charge in [-0.1, -0.05) is 12.1 Å². The number of nitrogens with zero attached hydrogens (tertiary/aromatic N) is 2. The molecule has 0 aromatic heterocycles. The molecule has 1 heterocycles. The van der Waals surface area contributed by atoms with Crippen LogP contribution in [0.15, 0.2) is 48.5 Å². The fourth-order valence-corrected chi connectivity index (χ4v) is 3.32. The molecular formula is C22H24F3N3O3. The second kappa shape index (κ2) is 9.82. The molecule has 0 bridgehead atoms. The maximum atomic E-state index is 12.7. The number of carbonyl (C=O) groups is 2. The lowest BCUT2D eigenvalue weighted by Gasteiger charge is -2.34. The Morgan fingerprint density at radius 2 is 1.58 bits per heavy atom. The Hall–Kier alpha value is -3.07. The zero-order valence-electron chi connectivity index (χ0n) is 17.1. The highest BCUT2D eigenvalue weighted by atomic mass is 19.4. The van der Waals surface area contributed by atoms with Crippen LogP contribution in [-0.2, 0) is 17.5 Å². The number of piperazine rings is 1. The van der Waals surface area contributed by atoms with Crippen molar-refractivity contribution in [1.82, 2.24) is 15.1 Å². The molecule has 0 spiro atoms. The normalized spacial score (nSPS) is 14.9. The van der Waals surface area contributed by atoms with Gasteiger partial charge in [-0.25, -0.2) is 0 Å². The molecule has 1 fully saturated rings. The third-order valence-electron chi connectivity index (χ3n) is 5.16. The zero-order chi connectivity index (χ0) is 22.4. The number of hydrogen-bond donors (Lipinski definition) is 1. The molecule has 1 N–H and O–H groups in total. The number of halogens is 3.